The quantitative estimate of drug-likeness (QED) is 0.277. The van der Waals surface area contributed by atoms with Crippen LogP contribution in [0, 0.1) is 0 Å². The fourth-order valence-corrected chi connectivity index (χ4v) is 5.10. The van der Waals surface area contributed by atoms with Crippen LogP contribution in [0.1, 0.15) is 77.3 Å². The van der Waals surface area contributed by atoms with Crippen molar-refractivity contribution >= 4 is 10.0 Å². The molecule has 1 aromatic carbocycles. The fraction of sp³-hybridized carbons (Fsp3) is 0.600. The summed E-state index contributed by atoms with van der Waals surface area (Å²) in [6, 6.07) is 1.51. The highest BCUT2D eigenvalue weighted by atomic mass is 32.2. The van der Waals surface area contributed by atoms with Gasteiger partial charge in [0.2, 0.25) is 10.0 Å². The predicted molar refractivity (Wildman–Crippen MR) is 129 cm³/mol. The Kier molecular flexibility index (Phi) is 10.3. The van der Waals surface area contributed by atoms with E-state index < -0.39 is 10.0 Å². The predicted octanol–water partition coefficient (Wildman–Crippen LogP) is 5.13. The van der Waals surface area contributed by atoms with Crippen molar-refractivity contribution in [2.45, 2.75) is 90.1 Å². The van der Waals surface area contributed by atoms with Gasteiger partial charge < -0.3 is 14.9 Å². The van der Waals surface area contributed by atoms with Crippen LogP contribution >= 0.6 is 0 Å². The summed E-state index contributed by atoms with van der Waals surface area (Å²) in [4.78, 5) is -0.115. The van der Waals surface area contributed by atoms with Crippen LogP contribution in [0.2, 0.25) is 0 Å². The number of hydrogen-bond acceptors (Lipinski definition) is 5. The molecule has 1 saturated heterocycles. The van der Waals surface area contributed by atoms with E-state index in [1.54, 1.807) is 0 Å². The highest BCUT2D eigenvalue weighted by molar-refractivity contribution is 7.89. The van der Waals surface area contributed by atoms with E-state index in [9.17, 15) is 18.6 Å². The number of hydrogen-bond donors (Lipinski definition) is 3. The summed E-state index contributed by atoms with van der Waals surface area (Å²) in [5.41, 5.74) is 3.08. The third-order valence-electron chi connectivity index (χ3n) is 5.77. The van der Waals surface area contributed by atoms with Gasteiger partial charge in [-0.3, -0.25) is 0 Å². The summed E-state index contributed by atoms with van der Waals surface area (Å²) in [7, 11) is -3.95. The minimum atomic E-state index is -3.95. The van der Waals surface area contributed by atoms with Crippen molar-refractivity contribution in [1.82, 2.24) is 4.72 Å². The van der Waals surface area contributed by atoms with Gasteiger partial charge in [0, 0.05) is 18.7 Å². The van der Waals surface area contributed by atoms with E-state index in [1.807, 2.05) is 13.0 Å². The largest absolute Gasteiger partial charge is 0.508 e. The van der Waals surface area contributed by atoms with Gasteiger partial charge in [-0.05, 0) is 70.9 Å². The van der Waals surface area contributed by atoms with Crippen LogP contribution in [0.15, 0.2) is 34.3 Å². The first-order valence-electron chi connectivity index (χ1n) is 11.6. The SMILES string of the molecule is CCCCCc1cc(O)c(C/C=C(\C)CCC=C(C)C)c(O)c1S(=O)(=O)NCC1CCO1. The van der Waals surface area contributed by atoms with E-state index in [4.69, 9.17) is 4.74 Å². The van der Waals surface area contributed by atoms with Crippen LogP contribution in [-0.4, -0.2) is 37.9 Å². The maximum Gasteiger partial charge on any atom is 0.244 e. The van der Waals surface area contributed by atoms with Crippen molar-refractivity contribution < 1.29 is 23.4 Å². The van der Waals surface area contributed by atoms with Crippen molar-refractivity contribution in [3.63, 3.8) is 0 Å². The molecule has 7 heteroatoms. The molecule has 6 nitrogen and oxygen atoms in total. The molecule has 1 atom stereocenters. The molecule has 0 aliphatic carbocycles. The van der Waals surface area contributed by atoms with Crippen LogP contribution in [0.4, 0.5) is 0 Å². The molecule has 1 unspecified atom stereocenters. The molecule has 2 rings (SSSR count). The molecule has 0 aromatic heterocycles. The molecule has 0 spiro atoms. The first-order valence-corrected chi connectivity index (χ1v) is 13.1. The first-order chi connectivity index (χ1) is 15.2. The van der Waals surface area contributed by atoms with E-state index in [0.717, 1.165) is 44.1 Å². The molecule has 1 aliphatic rings. The van der Waals surface area contributed by atoms with Gasteiger partial charge in [-0.2, -0.15) is 0 Å². The Balaban J connectivity index is 2.32. The monoisotopic (exact) mass is 465 g/mol. The number of benzene rings is 1. The van der Waals surface area contributed by atoms with Crippen molar-refractivity contribution in [3.05, 3.63) is 40.5 Å². The maximum atomic E-state index is 13.1. The standard InChI is InChI=1S/C25H39NO5S/c1-5-6-7-11-20-16-23(27)22(13-12-19(4)10-8-9-18(2)3)24(28)25(20)32(29,30)26-17-21-14-15-31-21/h9,12,16,21,26-28H,5-8,10-11,13-15,17H2,1-4H3/b19-12+. The Bertz CT molecular complexity index is 926. The number of ether oxygens (including phenoxy) is 1. The van der Waals surface area contributed by atoms with Gasteiger partial charge in [-0.15, -0.1) is 0 Å². The van der Waals surface area contributed by atoms with Crippen molar-refractivity contribution in [2.24, 2.45) is 0 Å². The number of allylic oxidation sites excluding steroid dienone is 4. The molecular weight excluding hydrogens is 426 g/mol. The zero-order chi connectivity index (χ0) is 23.7. The summed E-state index contributed by atoms with van der Waals surface area (Å²) in [5.74, 6) is -0.421. The number of sulfonamides is 1. The number of aryl methyl sites for hydroxylation is 1. The molecule has 180 valence electrons. The number of rotatable bonds is 13. The highest BCUT2D eigenvalue weighted by Crippen LogP contribution is 2.38. The Morgan fingerprint density at radius 1 is 1.22 bits per heavy atom. The van der Waals surface area contributed by atoms with E-state index >= 15 is 0 Å². The smallest absolute Gasteiger partial charge is 0.244 e. The van der Waals surface area contributed by atoms with Crippen molar-refractivity contribution in [2.75, 3.05) is 13.2 Å². The Morgan fingerprint density at radius 2 is 1.94 bits per heavy atom. The van der Waals surface area contributed by atoms with Crippen molar-refractivity contribution in [3.8, 4) is 11.5 Å². The lowest BCUT2D eigenvalue weighted by Gasteiger charge is -2.26. The second-order valence-electron chi connectivity index (χ2n) is 8.88. The Labute approximate surface area is 193 Å². The zero-order valence-corrected chi connectivity index (χ0v) is 20.7. The molecule has 3 N–H and O–H groups in total. The van der Waals surface area contributed by atoms with E-state index in [2.05, 4.69) is 31.6 Å². The Hall–Kier alpha value is -1.83. The maximum absolute atomic E-state index is 13.1. The minimum Gasteiger partial charge on any atom is -0.508 e. The molecule has 0 amide bonds. The second kappa shape index (κ2) is 12.4. The number of nitrogens with one attached hydrogen (secondary N) is 1. The zero-order valence-electron chi connectivity index (χ0n) is 19.9. The summed E-state index contributed by atoms with van der Waals surface area (Å²) in [6.07, 6.45) is 10.1. The van der Waals surface area contributed by atoms with Gasteiger partial charge >= 0.3 is 0 Å². The van der Waals surface area contributed by atoms with Gasteiger partial charge in [0.25, 0.3) is 0 Å². The topological polar surface area (TPSA) is 95.9 Å². The molecule has 0 radical (unpaired) electrons. The third kappa shape index (κ3) is 7.64. The molecule has 0 bridgehead atoms. The molecular formula is C25H39NO5S. The lowest BCUT2D eigenvalue weighted by molar-refractivity contribution is -0.0455. The van der Waals surface area contributed by atoms with Gasteiger partial charge in [0.15, 0.2) is 0 Å². The normalized spacial score (nSPS) is 16.6. The average Bonchev–Trinajstić information content (AvgIpc) is 2.65. The summed E-state index contributed by atoms with van der Waals surface area (Å²) >= 11 is 0. The van der Waals surface area contributed by atoms with Crippen LogP contribution in [-0.2, 0) is 27.6 Å². The summed E-state index contributed by atoms with van der Waals surface area (Å²) in [5, 5.41) is 21.6. The lowest BCUT2D eigenvalue weighted by atomic mass is 10.00. The summed E-state index contributed by atoms with van der Waals surface area (Å²) < 4.78 is 34.2. The molecule has 1 aromatic rings. The molecule has 0 saturated carbocycles. The second-order valence-corrected chi connectivity index (χ2v) is 10.6. The minimum absolute atomic E-state index is 0.0661. The van der Waals surface area contributed by atoms with Crippen LogP contribution < -0.4 is 4.72 Å². The molecule has 1 aliphatic heterocycles. The van der Waals surface area contributed by atoms with E-state index in [0.29, 0.717) is 18.6 Å². The van der Waals surface area contributed by atoms with Gasteiger partial charge in [0.05, 0.1) is 6.10 Å². The van der Waals surface area contributed by atoms with Crippen LogP contribution in [0.25, 0.3) is 0 Å². The number of phenols is 2. The van der Waals surface area contributed by atoms with Crippen LogP contribution in [0.3, 0.4) is 0 Å². The average molecular weight is 466 g/mol. The molecule has 1 fully saturated rings. The molecule has 32 heavy (non-hydrogen) atoms. The highest BCUT2D eigenvalue weighted by Gasteiger charge is 2.29. The Morgan fingerprint density at radius 3 is 2.53 bits per heavy atom. The lowest BCUT2D eigenvalue weighted by Crippen LogP contribution is -2.39. The first kappa shape index (κ1) is 26.4. The number of unbranched alkanes of at least 4 members (excludes halogenated alkanes) is 2. The summed E-state index contributed by atoms with van der Waals surface area (Å²) in [6.45, 7) is 9.01. The van der Waals surface area contributed by atoms with Crippen molar-refractivity contribution in [1.29, 1.82) is 0 Å². The van der Waals surface area contributed by atoms with Gasteiger partial charge in [-0.1, -0.05) is 43.1 Å². The number of aromatic hydroxyl groups is 2. The third-order valence-corrected chi connectivity index (χ3v) is 7.31. The van der Waals surface area contributed by atoms with Gasteiger partial charge in [-0.25, -0.2) is 13.1 Å². The molecule has 1 heterocycles. The van der Waals surface area contributed by atoms with Crippen LogP contribution in [0.5, 0.6) is 11.5 Å². The fourth-order valence-electron chi connectivity index (χ4n) is 3.67. The van der Waals surface area contributed by atoms with E-state index in [-0.39, 0.29) is 41.0 Å². The number of phenolic OH excluding ortho intramolecular Hbond substituents is 2. The van der Waals surface area contributed by atoms with Gasteiger partial charge in [0.1, 0.15) is 16.4 Å². The van der Waals surface area contributed by atoms with E-state index in [1.165, 1.54) is 11.6 Å².